The molecular formula is C10H8BrN5S. The lowest BCUT2D eigenvalue weighted by molar-refractivity contribution is 1.02. The van der Waals surface area contributed by atoms with Crippen molar-refractivity contribution in [2.45, 2.75) is 6.54 Å². The minimum absolute atomic E-state index is 0.450. The summed E-state index contributed by atoms with van der Waals surface area (Å²) in [5.74, 6) is 0.734. The van der Waals surface area contributed by atoms with Crippen molar-refractivity contribution >= 4 is 32.9 Å². The number of rotatable bonds is 2. The standard InChI is InChI=1S/C10H8BrN5S/c11-6-1-2-8-14-15-10(16(8)4-6)7-5-17-9(3-12)13-7/h1-2,4-5H,3,12H2. The van der Waals surface area contributed by atoms with Crippen molar-refractivity contribution in [3.05, 3.63) is 33.2 Å². The second-order valence-electron chi connectivity index (χ2n) is 3.43. The highest BCUT2D eigenvalue weighted by atomic mass is 79.9. The van der Waals surface area contributed by atoms with Crippen LogP contribution < -0.4 is 5.73 Å². The van der Waals surface area contributed by atoms with E-state index in [9.17, 15) is 0 Å². The van der Waals surface area contributed by atoms with Gasteiger partial charge in [0.25, 0.3) is 0 Å². The average Bonchev–Trinajstić information content (AvgIpc) is 2.93. The first kappa shape index (κ1) is 10.8. The van der Waals surface area contributed by atoms with Gasteiger partial charge in [-0.1, -0.05) is 0 Å². The van der Waals surface area contributed by atoms with Gasteiger partial charge in [0, 0.05) is 22.6 Å². The van der Waals surface area contributed by atoms with Crippen LogP contribution in [-0.2, 0) is 6.54 Å². The van der Waals surface area contributed by atoms with Gasteiger partial charge in [-0.25, -0.2) is 4.98 Å². The molecule has 0 radical (unpaired) electrons. The van der Waals surface area contributed by atoms with Gasteiger partial charge < -0.3 is 5.73 Å². The summed E-state index contributed by atoms with van der Waals surface area (Å²) in [6.45, 7) is 0.450. The van der Waals surface area contributed by atoms with Crippen LogP contribution in [0.4, 0.5) is 0 Å². The van der Waals surface area contributed by atoms with Gasteiger partial charge in [-0.3, -0.25) is 4.40 Å². The number of hydrogen-bond donors (Lipinski definition) is 1. The van der Waals surface area contributed by atoms with Gasteiger partial charge in [-0.15, -0.1) is 21.5 Å². The Bertz CT molecular complexity index is 674. The number of thiazole rings is 1. The van der Waals surface area contributed by atoms with E-state index in [1.807, 2.05) is 28.1 Å². The van der Waals surface area contributed by atoms with Crippen molar-refractivity contribution in [1.82, 2.24) is 19.6 Å². The summed E-state index contributed by atoms with van der Waals surface area (Å²) in [5, 5.41) is 11.1. The highest BCUT2D eigenvalue weighted by Gasteiger charge is 2.11. The van der Waals surface area contributed by atoms with Crippen molar-refractivity contribution in [2.75, 3.05) is 0 Å². The van der Waals surface area contributed by atoms with Gasteiger partial charge in [-0.2, -0.15) is 0 Å². The molecule has 0 amide bonds. The maximum Gasteiger partial charge on any atom is 0.187 e. The zero-order valence-corrected chi connectivity index (χ0v) is 11.1. The Morgan fingerprint density at radius 1 is 1.35 bits per heavy atom. The Labute approximate surface area is 109 Å². The zero-order valence-electron chi connectivity index (χ0n) is 8.67. The number of nitrogens with zero attached hydrogens (tertiary/aromatic N) is 4. The Hall–Kier alpha value is -1.31. The average molecular weight is 310 g/mol. The zero-order chi connectivity index (χ0) is 11.8. The van der Waals surface area contributed by atoms with Gasteiger partial charge in [0.1, 0.15) is 10.7 Å². The molecule has 0 aliphatic heterocycles. The normalized spacial score (nSPS) is 11.2. The van der Waals surface area contributed by atoms with Crippen LogP contribution in [-0.4, -0.2) is 19.6 Å². The van der Waals surface area contributed by atoms with Crippen LogP contribution in [0.2, 0.25) is 0 Å². The Morgan fingerprint density at radius 3 is 3.00 bits per heavy atom. The monoisotopic (exact) mass is 309 g/mol. The highest BCUT2D eigenvalue weighted by molar-refractivity contribution is 9.10. The summed E-state index contributed by atoms with van der Waals surface area (Å²) in [6, 6.07) is 3.83. The number of nitrogens with two attached hydrogens (primary N) is 1. The van der Waals surface area contributed by atoms with E-state index in [0.717, 1.165) is 26.6 Å². The third-order valence-corrected chi connectivity index (χ3v) is 3.66. The summed E-state index contributed by atoms with van der Waals surface area (Å²) in [7, 11) is 0. The molecule has 2 N–H and O–H groups in total. The van der Waals surface area contributed by atoms with Crippen molar-refractivity contribution < 1.29 is 0 Å². The van der Waals surface area contributed by atoms with Crippen molar-refractivity contribution in [1.29, 1.82) is 0 Å². The van der Waals surface area contributed by atoms with Gasteiger partial charge in [0.15, 0.2) is 11.5 Å². The second-order valence-corrected chi connectivity index (χ2v) is 5.29. The van der Waals surface area contributed by atoms with E-state index in [1.165, 1.54) is 11.3 Å². The molecule has 0 atom stereocenters. The first-order valence-corrected chi connectivity index (χ1v) is 6.60. The predicted molar refractivity (Wildman–Crippen MR) is 69.7 cm³/mol. The Kier molecular flexibility index (Phi) is 2.65. The van der Waals surface area contributed by atoms with Gasteiger partial charge in [-0.05, 0) is 28.1 Å². The molecule has 0 unspecified atom stereocenters. The summed E-state index contributed by atoms with van der Waals surface area (Å²) >= 11 is 4.96. The summed E-state index contributed by atoms with van der Waals surface area (Å²) in [4.78, 5) is 4.41. The smallest absolute Gasteiger partial charge is 0.187 e. The molecule has 0 aliphatic rings. The lowest BCUT2D eigenvalue weighted by Crippen LogP contribution is -1.95. The van der Waals surface area contributed by atoms with E-state index in [1.54, 1.807) is 0 Å². The van der Waals surface area contributed by atoms with E-state index in [4.69, 9.17) is 5.73 Å². The van der Waals surface area contributed by atoms with Crippen LogP contribution in [0.25, 0.3) is 17.2 Å². The number of hydrogen-bond acceptors (Lipinski definition) is 5. The molecule has 0 saturated heterocycles. The van der Waals surface area contributed by atoms with Crippen LogP contribution in [0.15, 0.2) is 28.2 Å². The highest BCUT2D eigenvalue weighted by Crippen LogP contribution is 2.22. The third-order valence-electron chi connectivity index (χ3n) is 2.32. The van der Waals surface area contributed by atoms with Crippen molar-refractivity contribution in [2.24, 2.45) is 5.73 Å². The number of fused-ring (bicyclic) bond motifs is 1. The topological polar surface area (TPSA) is 69.1 Å². The number of halogens is 1. The largest absolute Gasteiger partial charge is 0.325 e. The van der Waals surface area contributed by atoms with Crippen LogP contribution in [0.3, 0.4) is 0 Å². The molecule has 0 aliphatic carbocycles. The maximum absolute atomic E-state index is 5.55. The summed E-state index contributed by atoms with van der Waals surface area (Å²) < 4.78 is 2.87. The van der Waals surface area contributed by atoms with Crippen LogP contribution in [0.1, 0.15) is 5.01 Å². The molecule has 3 aromatic heterocycles. The molecule has 0 spiro atoms. The maximum atomic E-state index is 5.55. The minimum atomic E-state index is 0.450. The van der Waals surface area contributed by atoms with E-state index in [2.05, 4.69) is 31.1 Å². The fourth-order valence-electron chi connectivity index (χ4n) is 1.55. The van der Waals surface area contributed by atoms with Crippen LogP contribution in [0.5, 0.6) is 0 Å². The Balaban J connectivity index is 2.19. The molecule has 3 aromatic rings. The fraction of sp³-hybridized carbons (Fsp3) is 0.100. The van der Waals surface area contributed by atoms with Gasteiger partial charge >= 0.3 is 0 Å². The molecule has 17 heavy (non-hydrogen) atoms. The van der Waals surface area contributed by atoms with E-state index >= 15 is 0 Å². The first-order valence-electron chi connectivity index (χ1n) is 4.93. The molecule has 0 aromatic carbocycles. The summed E-state index contributed by atoms with van der Waals surface area (Å²) in [5.41, 5.74) is 7.15. The second kappa shape index (κ2) is 4.17. The molecule has 0 saturated carbocycles. The Morgan fingerprint density at radius 2 is 2.24 bits per heavy atom. The SMILES string of the molecule is NCc1nc(-c2nnc3ccc(Br)cn23)cs1. The summed E-state index contributed by atoms with van der Waals surface area (Å²) in [6.07, 6.45) is 1.92. The number of pyridine rings is 1. The molecule has 0 fully saturated rings. The van der Waals surface area contributed by atoms with Gasteiger partial charge in [0.2, 0.25) is 0 Å². The predicted octanol–water partition coefficient (Wildman–Crippen LogP) is 2.07. The lowest BCUT2D eigenvalue weighted by atomic mass is 10.4. The molecule has 3 rings (SSSR count). The molecule has 86 valence electrons. The molecule has 3 heterocycles. The fourth-order valence-corrected chi connectivity index (χ4v) is 2.54. The molecule has 7 heteroatoms. The van der Waals surface area contributed by atoms with Crippen LogP contribution >= 0.6 is 27.3 Å². The van der Waals surface area contributed by atoms with Crippen molar-refractivity contribution in [3.8, 4) is 11.5 Å². The first-order chi connectivity index (χ1) is 8.28. The molecular weight excluding hydrogens is 302 g/mol. The van der Waals surface area contributed by atoms with Crippen molar-refractivity contribution in [3.63, 3.8) is 0 Å². The molecule has 0 bridgehead atoms. The van der Waals surface area contributed by atoms with E-state index < -0.39 is 0 Å². The van der Waals surface area contributed by atoms with E-state index in [0.29, 0.717) is 6.54 Å². The number of aromatic nitrogens is 4. The third kappa shape index (κ3) is 1.86. The van der Waals surface area contributed by atoms with Gasteiger partial charge in [0.05, 0.1) is 0 Å². The molecule has 5 nitrogen and oxygen atoms in total. The van der Waals surface area contributed by atoms with Crippen LogP contribution in [0, 0.1) is 0 Å². The minimum Gasteiger partial charge on any atom is -0.325 e. The lowest BCUT2D eigenvalue weighted by Gasteiger charge is -1.96. The quantitative estimate of drug-likeness (QED) is 0.787. The van der Waals surface area contributed by atoms with E-state index in [-0.39, 0.29) is 0 Å².